The van der Waals surface area contributed by atoms with Gasteiger partial charge < -0.3 is 24.9 Å². The highest BCUT2D eigenvalue weighted by Gasteiger charge is 2.20. The minimum absolute atomic E-state index is 0.0639. The Morgan fingerprint density at radius 2 is 2.12 bits per heavy atom. The van der Waals surface area contributed by atoms with Crippen LogP contribution in [0.5, 0.6) is 5.75 Å². The summed E-state index contributed by atoms with van der Waals surface area (Å²) in [6, 6.07) is 5.56. The van der Waals surface area contributed by atoms with Crippen LogP contribution in [0.4, 0.5) is 0 Å². The second-order valence-corrected chi connectivity index (χ2v) is 7.89. The predicted octanol–water partition coefficient (Wildman–Crippen LogP) is 3.08. The average molecular weight is 460 g/mol. The third-order valence-electron chi connectivity index (χ3n) is 3.50. The van der Waals surface area contributed by atoms with Crippen molar-refractivity contribution in [2.75, 3.05) is 19.8 Å². The molecule has 138 valence electrons. The van der Waals surface area contributed by atoms with Gasteiger partial charge in [-0.25, -0.2) is 4.79 Å². The van der Waals surface area contributed by atoms with Gasteiger partial charge in [0.1, 0.15) is 24.2 Å². The van der Waals surface area contributed by atoms with Crippen LogP contribution in [-0.2, 0) is 4.74 Å². The first-order valence-electron chi connectivity index (χ1n) is 8.26. The Morgan fingerprint density at radius 1 is 1.40 bits per heavy atom. The molecule has 0 fully saturated rings. The molecule has 1 atom stereocenters. The summed E-state index contributed by atoms with van der Waals surface area (Å²) in [4.78, 5) is 15.1. The lowest BCUT2D eigenvalue weighted by atomic mass is 10.1. The van der Waals surface area contributed by atoms with Crippen molar-refractivity contribution >= 4 is 39.5 Å². The summed E-state index contributed by atoms with van der Waals surface area (Å²) in [7, 11) is 0. The second-order valence-electron chi connectivity index (χ2n) is 6.81. The highest BCUT2D eigenvalue weighted by Crippen LogP contribution is 2.32. The summed E-state index contributed by atoms with van der Waals surface area (Å²) in [5.74, 6) is 0.243. The van der Waals surface area contributed by atoms with Gasteiger partial charge in [0, 0.05) is 12.1 Å². The largest absolute Gasteiger partial charge is 0.490 e. The van der Waals surface area contributed by atoms with E-state index >= 15 is 0 Å². The lowest BCUT2D eigenvalue weighted by molar-refractivity contribution is 0.0519. The monoisotopic (exact) mass is 460 g/mol. The molecule has 0 aliphatic rings. The van der Waals surface area contributed by atoms with Crippen LogP contribution in [-0.4, -0.2) is 47.5 Å². The SMILES string of the molecule is CCOC(=O)c1[nH]c2cccc(OCC(O)CNC(C)(C)C)c2c1I. The number of hydrogen-bond acceptors (Lipinski definition) is 5. The number of benzene rings is 1. The number of aliphatic hydroxyl groups excluding tert-OH is 1. The van der Waals surface area contributed by atoms with E-state index in [1.807, 2.05) is 39.0 Å². The van der Waals surface area contributed by atoms with E-state index in [-0.39, 0.29) is 18.1 Å². The maximum absolute atomic E-state index is 12.0. The van der Waals surface area contributed by atoms with Crippen molar-refractivity contribution < 1.29 is 19.4 Å². The lowest BCUT2D eigenvalue weighted by Gasteiger charge is -2.23. The van der Waals surface area contributed by atoms with Crippen molar-refractivity contribution in [3.8, 4) is 5.75 Å². The predicted molar refractivity (Wildman–Crippen MR) is 106 cm³/mol. The topological polar surface area (TPSA) is 83.6 Å². The third-order valence-corrected chi connectivity index (χ3v) is 4.58. The normalized spacial score (nSPS) is 13.0. The van der Waals surface area contributed by atoms with E-state index < -0.39 is 6.10 Å². The molecule has 0 aliphatic carbocycles. The number of H-pyrrole nitrogens is 1. The highest BCUT2D eigenvalue weighted by atomic mass is 127. The van der Waals surface area contributed by atoms with Gasteiger partial charge in [-0.3, -0.25) is 0 Å². The van der Waals surface area contributed by atoms with Gasteiger partial charge in [-0.2, -0.15) is 0 Å². The van der Waals surface area contributed by atoms with Crippen molar-refractivity contribution in [3.63, 3.8) is 0 Å². The van der Waals surface area contributed by atoms with Crippen molar-refractivity contribution in [2.24, 2.45) is 0 Å². The molecule has 0 spiro atoms. The fourth-order valence-electron chi connectivity index (χ4n) is 2.31. The van der Waals surface area contributed by atoms with Gasteiger partial charge in [-0.1, -0.05) is 6.07 Å². The number of esters is 1. The Hall–Kier alpha value is -1.32. The molecule has 6 nitrogen and oxygen atoms in total. The van der Waals surface area contributed by atoms with E-state index in [1.54, 1.807) is 6.92 Å². The molecule has 1 aromatic heterocycles. The number of carbonyl (C=O) groups excluding carboxylic acids is 1. The molecule has 0 radical (unpaired) electrons. The summed E-state index contributed by atoms with van der Waals surface area (Å²) in [6.45, 7) is 8.83. The number of nitrogens with one attached hydrogen (secondary N) is 2. The average Bonchev–Trinajstić information content (AvgIpc) is 2.88. The van der Waals surface area contributed by atoms with Gasteiger partial charge in [0.25, 0.3) is 0 Å². The van der Waals surface area contributed by atoms with Crippen molar-refractivity contribution in [1.82, 2.24) is 10.3 Å². The fourth-order valence-corrected chi connectivity index (χ4v) is 3.22. The molecular formula is C18H25IN2O4. The van der Waals surface area contributed by atoms with Gasteiger partial charge >= 0.3 is 5.97 Å². The number of ether oxygens (including phenoxy) is 2. The summed E-state index contributed by atoms with van der Waals surface area (Å²) in [5.41, 5.74) is 1.15. The van der Waals surface area contributed by atoms with Crippen LogP contribution in [0.1, 0.15) is 38.2 Å². The number of fused-ring (bicyclic) bond motifs is 1. The number of aromatic amines is 1. The molecule has 1 aromatic carbocycles. The molecule has 1 heterocycles. The molecular weight excluding hydrogens is 435 g/mol. The van der Waals surface area contributed by atoms with Gasteiger partial charge in [-0.05, 0) is 62.4 Å². The fraction of sp³-hybridized carbons (Fsp3) is 0.500. The Balaban J connectivity index is 2.15. The van der Waals surface area contributed by atoms with E-state index in [2.05, 4.69) is 32.9 Å². The van der Waals surface area contributed by atoms with Gasteiger partial charge in [0.05, 0.1) is 21.1 Å². The maximum Gasteiger partial charge on any atom is 0.355 e. The Bertz CT molecular complexity index is 736. The van der Waals surface area contributed by atoms with E-state index in [9.17, 15) is 9.90 Å². The molecule has 0 saturated carbocycles. The van der Waals surface area contributed by atoms with Crippen molar-refractivity contribution in [2.45, 2.75) is 39.3 Å². The number of hydrogen-bond donors (Lipinski definition) is 3. The van der Waals surface area contributed by atoms with Crippen molar-refractivity contribution in [1.29, 1.82) is 0 Å². The summed E-state index contributed by atoms with van der Waals surface area (Å²) >= 11 is 2.11. The molecule has 25 heavy (non-hydrogen) atoms. The minimum atomic E-state index is -0.629. The number of carbonyl (C=O) groups is 1. The number of aliphatic hydroxyl groups is 1. The molecule has 0 bridgehead atoms. The Morgan fingerprint density at radius 3 is 2.76 bits per heavy atom. The zero-order valence-corrected chi connectivity index (χ0v) is 17.1. The van der Waals surface area contributed by atoms with Gasteiger partial charge in [0.2, 0.25) is 0 Å². The van der Waals surface area contributed by atoms with Crippen LogP contribution in [0.15, 0.2) is 18.2 Å². The van der Waals surface area contributed by atoms with E-state index in [4.69, 9.17) is 9.47 Å². The van der Waals surface area contributed by atoms with Gasteiger partial charge in [0.15, 0.2) is 0 Å². The molecule has 0 aliphatic heterocycles. The molecule has 3 N–H and O–H groups in total. The summed E-state index contributed by atoms with van der Waals surface area (Å²) in [5, 5.41) is 14.2. The standard InChI is InChI=1S/C18H25IN2O4/c1-5-24-17(23)16-15(19)14-12(21-16)7-6-8-13(14)25-10-11(22)9-20-18(2,3)4/h6-8,11,20-22H,5,9-10H2,1-4H3. The minimum Gasteiger partial charge on any atom is -0.490 e. The molecule has 0 amide bonds. The van der Waals surface area contributed by atoms with Crippen LogP contribution >= 0.6 is 22.6 Å². The number of rotatable bonds is 7. The number of halogens is 1. The first-order chi connectivity index (χ1) is 11.7. The van der Waals surface area contributed by atoms with Crippen LogP contribution < -0.4 is 10.1 Å². The zero-order chi connectivity index (χ0) is 18.6. The lowest BCUT2D eigenvalue weighted by Crippen LogP contribution is -2.42. The molecule has 0 saturated heterocycles. The van der Waals surface area contributed by atoms with E-state index in [0.717, 1.165) is 14.5 Å². The van der Waals surface area contributed by atoms with Crippen LogP contribution in [0.25, 0.3) is 10.9 Å². The third kappa shape index (κ3) is 5.32. The van der Waals surface area contributed by atoms with E-state index in [1.165, 1.54) is 0 Å². The van der Waals surface area contributed by atoms with Crippen LogP contribution in [0.3, 0.4) is 0 Å². The van der Waals surface area contributed by atoms with E-state index in [0.29, 0.717) is 24.6 Å². The van der Waals surface area contributed by atoms with Crippen LogP contribution in [0.2, 0.25) is 0 Å². The first kappa shape index (κ1) is 20.0. The quantitative estimate of drug-likeness (QED) is 0.437. The van der Waals surface area contributed by atoms with Crippen LogP contribution in [0, 0.1) is 3.57 Å². The first-order valence-corrected chi connectivity index (χ1v) is 9.34. The number of aromatic nitrogens is 1. The highest BCUT2D eigenvalue weighted by molar-refractivity contribution is 14.1. The zero-order valence-electron chi connectivity index (χ0n) is 15.0. The summed E-state index contributed by atoms with van der Waals surface area (Å²) in [6.07, 6.45) is -0.629. The smallest absolute Gasteiger partial charge is 0.355 e. The van der Waals surface area contributed by atoms with Crippen molar-refractivity contribution in [3.05, 3.63) is 27.5 Å². The molecule has 1 unspecified atom stereocenters. The second kappa shape index (κ2) is 8.37. The molecule has 2 aromatic rings. The molecule has 7 heteroatoms. The molecule has 2 rings (SSSR count). The Labute approximate surface area is 161 Å². The maximum atomic E-state index is 12.0. The van der Waals surface area contributed by atoms with Gasteiger partial charge in [-0.15, -0.1) is 0 Å². The summed E-state index contributed by atoms with van der Waals surface area (Å²) < 4.78 is 11.6. The Kier molecular flexibility index (Phi) is 6.70. The number of β-amino-alcohol motifs (C(OH)–C–C–N with tert-alkyl or cyclic N) is 1.